The van der Waals surface area contributed by atoms with Gasteiger partial charge in [-0.3, -0.25) is 9.78 Å². The van der Waals surface area contributed by atoms with Crippen molar-refractivity contribution >= 4 is 5.97 Å². The maximum atomic E-state index is 12.7. The number of carboxylic acids is 1. The van der Waals surface area contributed by atoms with Gasteiger partial charge in [0.15, 0.2) is 0 Å². The van der Waals surface area contributed by atoms with Crippen LogP contribution in [0, 0.1) is 5.82 Å². The molecule has 0 saturated heterocycles. The first-order valence-electron chi connectivity index (χ1n) is 4.20. The van der Waals surface area contributed by atoms with E-state index >= 15 is 0 Å². The molecular weight excluding hydrogens is 205 g/mol. The van der Waals surface area contributed by atoms with Gasteiger partial charge < -0.3 is 15.3 Å². The van der Waals surface area contributed by atoms with E-state index in [1.54, 1.807) is 0 Å². The molecule has 0 fully saturated rings. The number of hydrogen-bond acceptors (Lipinski definition) is 4. The molecule has 0 aliphatic rings. The number of hydrogen-bond donors (Lipinski definition) is 3. The van der Waals surface area contributed by atoms with Crippen molar-refractivity contribution in [2.75, 3.05) is 0 Å². The third-order valence-electron chi connectivity index (χ3n) is 1.79. The summed E-state index contributed by atoms with van der Waals surface area (Å²) in [5.41, 5.74) is -0.0937. The Labute approximate surface area is 84.8 Å². The van der Waals surface area contributed by atoms with Gasteiger partial charge in [0.25, 0.3) is 0 Å². The van der Waals surface area contributed by atoms with Crippen molar-refractivity contribution < 1.29 is 24.5 Å². The minimum absolute atomic E-state index is 0.0937. The highest BCUT2D eigenvalue weighted by molar-refractivity contribution is 5.67. The molecule has 2 unspecified atom stereocenters. The first-order chi connectivity index (χ1) is 7.00. The molecular formula is C9H10FNO4. The van der Waals surface area contributed by atoms with Gasteiger partial charge in [-0.1, -0.05) is 0 Å². The highest BCUT2D eigenvalue weighted by atomic mass is 19.1. The molecule has 0 bridgehead atoms. The molecule has 0 aliphatic carbocycles. The molecule has 0 amide bonds. The quantitative estimate of drug-likeness (QED) is 0.662. The van der Waals surface area contributed by atoms with Crippen molar-refractivity contribution in [1.29, 1.82) is 0 Å². The van der Waals surface area contributed by atoms with Gasteiger partial charge in [0.05, 0.1) is 18.2 Å². The van der Waals surface area contributed by atoms with Crippen molar-refractivity contribution in [3.8, 4) is 0 Å². The smallest absolute Gasteiger partial charge is 0.306 e. The van der Waals surface area contributed by atoms with E-state index in [-0.39, 0.29) is 5.69 Å². The number of carbonyl (C=O) groups is 1. The van der Waals surface area contributed by atoms with Gasteiger partial charge in [0.1, 0.15) is 11.9 Å². The van der Waals surface area contributed by atoms with Crippen molar-refractivity contribution in [2.45, 2.75) is 18.6 Å². The van der Waals surface area contributed by atoms with Crippen LogP contribution in [0.4, 0.5) is 4.39 Å². The second-order valence-corrected chi connectivity index (χ2v) is 3.01. The molecule has 1 aromatic rings. The Morgan fingerprint density at radius 2 is 2.20 bits per heavy atom. The van der Waals surface area contributed by atoms with Crippen LogP contribution in [0.1, 0.15) is 18.2 Å². The van der Waals surface area contributed by atoms with Crippen LogP contribution < -0.4 is 0 Å². The van der Waals surface area contributed by atoms with Gasteiger partial charge >= 0.3 is 5.97 Å². The van der Waals surface area contributed by atoms with E-state index in [0.29, 0.717) is 0 Å². The first-order valence-corrected chi connectivity index (χ1v) is 4.20. The predicted molar refractivity (Wildman–Crippen MR) is 47.4 cm³/mol. The first kappa shape index (κ1) is 11.5. The number of rotatable bonds is 4. The lowest BCUT2D eigenvalue weighted by atomic mass is 10.1. The summed E-state index contributed by atoms with van der Waals surface area (Å²) in [5.74, 6) is -1.86. The highest BCUT2D eigenvalue weighted by Crippen LogP contribution is 2.17. The summed E-state index contributed by atoms with van der Waals surface area (Å²) in [6, 6.07) is 2.02. The molecule has 0 aromatic carbocycles. The summed E-state index contributed by atoms with van der Waals surface area (Å²) in [7, 11) is 0. The molecule has 1 rings (SSSR count). The summed E-state index contributed by atoms with van der Waals surface area (Å²) < 4.78 is 12.7. The van der Waals surface area contributed by atoms with E-state index < -0.39 is 30.4 Å². The highest BCUT2D eigenvalue weighted by Gasteiger charge is 2.22. The number of pyridine rings is 1. The van der Waals surface area contributed by atoms with Gasteiger partial charge in [-0.25, -0.2) is 4.39 Å². The van der Waals surface area contributed by atoms with E-state index in [9.17, 15) is 19.4 Å². The second kappa shape index (κ2) is 4.81. The normalized spacial score (nSPS) is 14.6. The van der Waals surface area contributed by atoms with Crippen LogP contribution in [0.2, 0.25) is 0 Å². The van der Waals surface area contributed by atoms with Crippen LogP contribution in [-0.2, 0) is 4.79 Å². The number of aromatic nitrogens is 1. The van der Waals surface area contributed by atoms with Crippen LogP contribution in [0.25, 0.3) is 0 Å². The molecule has 6 heteroatoms. The van der Waals surface area contributed by atoms with Gasteiger partial charge in [-0.15, -0.1) is 0 Å². The molecule has 3 N–H and O–H groups in total. The molecule has 5 nitrogen and oxygen atoms in total. The number of aliphatic hydroxyl groups excluding tert-OH is 2. The lowest BCUT2D eigenvalue weighted by molar-refractivity contribution is -0.141. The Bertz CT molecular complexity index is 358. The molecule has 15 heavy (non-hydrogen) atoms. The molecule has 1 aromatic heterocycles. The number of halogens is 1. The van der Waals surface area contributed by atoms with Crippen LogP contribution in [0.3, 0.4) is 0 Å². The van der Waals surface area contributed by atoms with Crippen LogP contribution in [0.15, 0.2) is 18.3 Å². The standard InChI is InChI=1S/C9H10FNO4/c10-5-1-2-11-6(3-5)9(15)7(12)4-8(13)14/h1-3,7,9,12,15H,4H2,(H,13,14). The lowest BCUT2D eigenvalue weighted by Crippen LogP contribution is -2.22. The Balaban J connectivity index is 2.75. The summed E-state index contributed by atoms with van der Waals surface area (Å²) >= 11 is 0. The molecule has 0 radical (unpaired) electrons. The average molecular weight is 215 g/mol. The van der Waals surface area contributed by atoms with Crippen molar-refractivity contribution in [2.24, 2.45) is 0 Å². The third kappa shape index (κ3) is 3.26. The number of carboxylic acid groups (broad SMARTS) is 1. The van der Waals surface area contributed by atoms with E-state index in [0.717, 1.165) is 18.3 Å². The van der Waals surface area contributed by atoms with E-state index in [1.165, 1.54) is 0 Å². The van der Waals surface area contributed by atoms with Crippen molar-refractivity contribution in [3.05, 3.63) is 29.8 Å². The fourth-order valence-corrected chi connectivity index (χ4v) is 1.07. The van der Waals surface area contributed by atoms with Gasteiger partial charge in [0, 0.05) is 6.20 Å². The predicted octanol–water partition coefficient (Wildman–Crippen LogP) is 0.0897. The van der Waals surface area contributed by atoms with Gasteiger partial charge in [-0.2, -0.15) is 0 Å². The summed E-state index contributed by atoms with van der Waals surface area (Å²) in [4.78, 5) is 13.9. The summed E-state index contributed by atoms with van der Waals surface area (Å²) in [6.07, 6.45) is -2.51. The maximum absolute atomic E-state index is 12.7. The molecule has 0 aliphatic heterocycles. The fraction of sp³-hybridized carbons (Fsp3) is 0.333. The molecule has 82 valence electrons. The Hall–Kier alpha value is -1.53. The maximum Gasteiger partial charge on any atom is 0.306 e. The van der Waals surface area contributed by atoms with Crippen LogP contribution in [-0.4, -0.2) is 32.4 Å². The van der Waals surface area contributed by atoms with Crippen LogP contribution >= 0.6 is 0 Å². The average Bonchev–Trinajstić information content (AvgIpc) is 2.15. The topological polar surface area (TPSA) is 90.7 Å². The van der Waals surface area contributed by atoms with Gasteiger partial charge in [-0.05, 0) is 12.1 Å². The Kier molecular flexibility index (Phi) is 3.70. The zero-order valence-corrected chi connectivity index (χ0v) is 7.67. The zero-order valence-electron chi connectivity index (χ0n) is 7.67. The van der Waals surface area contributed by atoms with Crippen molar-refractivity contribution in [1.82, 2.24) is 4.98 Å². The van der Waals surface area contributed by atoms with E-state index in [1.807, 2.05) is 0 Å². The fourth-order valence-electron chi connectivity index (χ4n) is 1.07. The summed E-state index contributed by atoms with van der Waals surface area (Å²) in [5, 5.41) is 27.0. The second-order valence-electron chi connectivity index (χ2n) is 3.01. The lowest BCUT2D eigenvalue weighted by Gasteiger charge is -2.15. The molecule has 2 atom stereocenters. The minimum Gasteiger partial charge on any atom is -0.481 e. The molecule has 0 spiro atoms. The van der Waals surface area contributed by atoms with Crippen molar-refractivity contribution in [3.63, 3.8) is 0 Å². The van der Waals surface area contributed by atoms with Crippen LogP contribution in [0.5, 0.6) is 0 Å². The Morgan fingerprint density at radius 1 is 1.53 bits per heavy atom. The molecule has 1 heterocycles. The number of aliphatic carboxylic acids is 1. The number of aliphatic hydroxyl groups is 2. The molecule has 0 saturated carbocycles. The van der Waals surface area contributed by atoms with E-state index in [4.69, 9.17) is 5.11 Å². The SMILES string of the molecule is O=C(O)CC(O)C(O)c1cc(F)ccn1. The van der Waals surface area contributed by atoms with E-state index in [2.05, 4.69) is 4.98 Å². The zero-order chi connectivity index (χ0) is 11.4. The number of nitrogens with zero attached hydrogens (tertiary/aromatic N) is 1. The van der Waals surface area contributed by atoms with Gasteiger partial charge in [0.2, 0.25) is 0 Å². The Morgan fingerprint density at radius 3 is 2.73 bits per heavy atom. The monoisotopic (exact) mass is 215 g/mol. The summed E-state index contributed by atoms with van der Waals surface area (Å²) in [6.45, 7) is 0. The third-order valence-corrected chi connectivity index (χ3v) is 1.79. The largest absolute Gasteiger partial charge is 0.481 e. The minimum atomic E-state index is -1.50.